The number of ether oxygens (including phenoxy) is 1. The van der Waals surface area contributed by atoms with E-state index in [0.29, 0.717) is 13.2 Å². The van der Waals surface area contributed by atoms with Crippen LogP contribution in [0.2, 0.25) is 0 Å². The molecule has 14 heavy (non-hydrogen) atoms. The molecular formula is C11H18O3. The molecule has 0 unspecified atom stereocenters. The van der Waals surface area contributed by atoms with Gasteiger partial charge in [0.05, 0.1) is 13.0 Å². The Labute approximate surface area is 84.8 Å². The normalized spacial score (nSPS) is 17.7. The summed E-state index contributed by atoms with van der Waals surface area (Å²) in [6, 6.07) is 0. The molecule has 0 atom stereocenters. The number of carbonyl (C=O) groups is 1. The number of unbranched alkanes of at least 4 members (excludes halogenated alkanes) is 1. The summed E-state index contributed by atoms with van der Waals surface area (Å²) in [7, 11) is 0. The Morgan fingerprint density at radius 3 is 2.79 bits per heavy atom. The van der Waals surface area contributed by atoms with Gasteiger partial charge in [0, 0.05) is 12.0 Å². The van der Waals surface area contributed by atoms with Gasteiger partial charge in [-0.05, 0) is 25.7 Å². The summed E-state index contributed by atoms with van der Waals surface area (Å²) in [5.41, 5.74) is -0.0278. The van der Waals surface area contributed by atoms with Crippen LogP contribution in [0.5, 0.6) is 0 Å². The summed E-state index contributed by atoms with van der Waals surface area (Å²) < 4.78 is 5.45. The van der Waals surface area contributed by atoms with Crippen LogP contribution in [0.4, 0.5) is 0 Å². The van der Waals surface area contributed by atoms with Crippen molar-refractivity contribution in [2.45, 2.75) is 32.1 Å². The fraction of sp³-hybridized carbons (Fsp3) is 0.727. The van der Waals surface area contributed by atoms with Crippen LogP contribution in [0.15, 0.2) is 12.7 Å². The number of allylic oxidation sites excluding steroid dienone is 1. The molecule has 1 saturated carbocycles. The molecule has 1 aliphatic rings. The topological polar surface area (TPSA) is 46.5 Å². The van der Waals surface area contributed by atoms with E-state index in [1.54, 1.807) is 0 Å². The third kappa shape index (κ3) is 3.92. The average Bonchev–Trinajstić information content (AvgIpc) is 2.84. The SMILES string of the molecule is C=CCCCOCC1(CC(=O)O)CC1. The maximum Gasteiger partial charge on any atom is 0.303 e. The van der Waals surface area contributed by atoms with E-state index in [1.807, 2.05) is 6.08 Å². The number of hydrogen-bond acceptors (Lipinski definition) is 2. The number of carboxylic acids is 1. The number of carboxylic acid groups (broad SMARTS) is 1. The van der Waals surface area contributed by atoms with E-state index in [0.717, 1.165) is 25.7 Å². The van der Waals surface area contributed by atoms with E-state index in [9.17, 15) is 4.79 Å². The van der Waals surface area contributed by atoms with Gasteiger partial charge in [-0.1, -0.05) is 6.08 Å². The molecule has 3 heteroatoms. The maximum atomic E-state index is 10.5. The Bertz CT molecular complexity index is 207. The lowest BCUT2D eigenvalue weighted by atomic mass is 10.0. The fourth-order valence-electron chi connectivity index (χ4n) is 1.49. The van der Waals surface area contributed by atoms with Gasteiger partial charge in [0.25, 0.3) is 0 Å². The van der Waals surface area contributed by atoms with E-state index in [-0.39, 0.29) is 11.8 Å². The molecule has 1 fully saturated rings. The Morgan fingerprint density at radius 2 is 2.29 bits per heavy atom. The molecule has 0 aliphatic heterocycles. The Kier molecular flexibility index (Phi) is 4.14. The van der Waals surface area contributed by atoms with Gasteiger partial charge in [-0.15, -0.1) is 6.58 Å². The first kappa shape index (κ1) is 11.2. The van der Waals surface area contributed by atoms with E-state index in [1.165, 1.54) is 0 Å². The van der Waals surface area contributed by atoms with Gasteiger partial charge in [-0.2, -0.15) is 0 Å². The number of hydrogen-bond donors (Lipinski definition) is 1. The molecular weight excluding hydrogens is 180 g/mol. The van der Waals surface area contributed by atoms with Gasteiger partial charge in [0.1, 0.15) is 0 Å². The Balaban J connectivity index is 2.05. The zero-order chi connectivity index (χ0) is 10.4. The third-order valence-electron chi connectivity index (χ3n) is 2.59. The lowest BCUT2D eigenvalue weighted by molar-refractivity contribution is -0.139. The summed E-state index contributed by atoms with van der Waals surface area (Å²) in [5.74, 6) is -0.711. The van der Waals surface area contributed by atoms with Crippen molar-refractivity contribution in [1.29, 1.82) is 0 Å². The smallest absolute Gasteiger partial charge is 0.303 e. The van der Waals surface area contributed by atoms with Crippen LogP contribution in [0, 0.1) is 5.41 Å². The van der Waals surface area contributed by atoms with Crippen molar-refractivity contribution >= 4 is 5.97 Å². The Hall–Kier alpha value is -0.830. The predicted molar refractivity (Wildman–Crippen MR) is 54.2 cm³/mol. The molecule has 0 bridgehead atoms. The summed E-state index contributed by atoms with van der Waals surface area (Å²) in [6.07, 6.45) is 6.07. The van der Waals surface area contributed by atoms with Crippen LogP contribution in [0.3, 0.4) is 0 Å². The number of rotatable bonds is 8. The molecule has 0 heterocycles. The molecule has 80 valence electrons. The zero-order valence-corrected chi connectivity index (χ0v) is 8.50. The lowest BCUT2D eigenvalue weighted by Crippen LogP contribution is -2.15. The molecule has 0 spiro atoms. The second-order valence-corrected chi connectivity index (χ2v) is 4.05. The van der Waals surface area contributed by atoms with Gasteiger partial charge in [-0.25, -0.2) is 0 Å². The molecule has 0 amide bonds. The van der Waals surface area contributed by atoms with Crippen molar-refractivity contribution in [1.82, 2.24) is 0 Å². The third-order valence-corrected chi connectivity index (χ3v) is 2.59. The van der Waals surface area contributed by atoms with Crippen LogP contribution in [-0.4, -0.2) is 24.3 Å². The minimum Gasteiger partial charge on any atom is -0.481 e. The Morgan fingerprint density at radius 1 is 1.57 bits per heavy atom. The standard InChI is InChI=1S/C11H18O3/c1-2-3-4-7-14-9-11(5-6-11)8-10(12)13/h2H,1,3-9H2,(H,12,13). The summed E-state index contributed by atoms with van der Waals surface area (Å²) >= 11 is 0. The molecule has 1 rings (SSSR count). The van der Waals surface area contributed by atoms with Crippen molar-refractivity contribution in [2.75, 3.05) is 13.2 Å². The molecule has 0 saturated heterocycles. The van der Waals surface area contributed by atoms with E-state index in [4.69, 9.17) is 9.84 Å². The molecule has 1 N–H and O–H groups in total. The van der Waals surface area contributed by atoms with E-state index in [2.05, 4.69) is 6.58 Å². The highest BCUT2D eigenvalue weighted by atomic mass is 16.5. The summed E-state index contributed by atoms with van der Waals surface area (Å²) in [5, 5.41) is 8.66. The monoisotopic (exact) mass is 198 g/mol. The predicted octanol–water partition coefficient (Wildman–Crippen LogP) is 2.22. The van der Waals surface area contributed by atoms with Crippen LogP contribution in [0.25, 0.3) is 0 Å². The highest BCUT2D eigenvalue weighted by molar-refractivity contribution is 5.68. The first-order valence-corrected chi connectivity index (χ1v) is 5.09. The van der Waals surface area contributed by atoms with Crippen molar-refractivity contribution in [3.63, 3.8) is 0 Å². The number of aliphatic carboxylic acids is 1. The van der Waals surface area contributed by atoms with Crippen molar-refractivity contribution in [2.24, 2.45) is 5.41 Å². The van der Waals surface area contributed by atoms with E-state index >= 15 is 0 Å². The summed E-state index contributed by atoms with van der Waals surface area (Å²) in [4.78, 5) is 10.5. The van der Waals surface area contributed by atoms with Gasteiger partial charge in [0.15, 0.2) is 0 Å². The summed E-state index contributed by atoms with van der Waals surface area (Å²) in [6.45, 7) is 4.95. The minimum absolute atomic E-state index is 0.0278. The molecule has 1 aliphatic carbocycles. The first-order valence-electron chi connectivity index (χ1n) is 5.09. The van der Waals surface area contributed by atoms with Crippen LogP contribution in [0.1, 0.15) is 32.1 Å². The van der Waals surface area contributed by atoms with Crippen LogP contribution < -0.4 is 0 Å². The second kappa shape index (κ2) is 5.15. The lowest BCUT2D eigenvalue weighted by Gasteiger charge is -2.12. The first-order chi connectivity index (χ1) is 6.68. The molecule has 0 aromatic rings. The molecule has 0 aromatic carbocycles. The fourth-order valence-corrected chi connectivity index (χ4v) is 1.49. The largest absolute Gasteiger partial charge is 0.481 e. The van der Waals surface area contributed by atoms with Gasteiger partial charge < -0.3 is 9.84 Å². The maximum absolute atomic E-state index is 10.5. The molecule has 0 radical (unpaired) electrons. The highest BCUT2D eigenvalue weighted by Gasteiger charge is 2.44. The van der Waals surface area contributed by atoms with Gasteiger partial charge >= 0.3 is 5.97 Å². The minimum atomic E-state index is -0.711. The quantitative estimate of drug-likeness (QED) is 0.480. The van der Waals surface area contributed by atoms with Crippen molar-refractivity contribution in [3.05, 3.63) is 12.7 Å². The molecule has 3 nitrogen and oxygen atoms in total. The average molecular weight is 198 g/mol. The van der Waals surface area contributed by atoms with Gasteiger partial charge in [0.2, 0.25) is 0 Å². The van der Waals surface area contributed by atoms with Crippen molar-refractivity contribution < 1.29 is 14.6 Å². The van der Waals surface area contributed by atoms with Crippen LogP contribution in [-0.2, 0) is 9.53 Å². The molecule has 0 aromatic heterocycles. The second-order valence-electron chi connectivity index (χ2n) is 4.05. The highest BCUT2D eigenvalue weighted by Crippen LogP contribution is 2.48. The zero-order valence-electron chi connectivity index (χ0n) is 8.50. The van der Waals surface area contributed by atoms with Crippen molar-refractivity contribution in [3.8, 4) is 0 Å². The van der Waals surface area contributed by atoms with Gasteiger partial charge in [-0.3, -0.25) is 4.79 Å². The van der Waals surface area contributed by atoms with Crippen LogP contribution >= 0.6 is 0 Å². The van der Waals surface area contributed by atoms with E-state index < -0.39 is 5.97 Å².